The number of nitrogens with two attached hydrogens (primary N) is 1. The van der Waals surface area contributed by atoms with E-state index in [1.807, 2.05) is 0 Å². The van der Waals surface area contributed by atoms with Gasteiger partial charge in [-0.25, -0.2) is 14.2 Å². The summed E-state index contributed by atoms with van der Waals surface area (Å²) >= 11 is 0. The van der Waals surface area contributed by atoms with Gasteiger partial charge in [-0.1, -0.05) is 12.1 Å². The maximum absolute atomic E-state index is 13.0. The number of nitrogens with zero attached hydrogens (tertiary/aromatic N) is 3. The first-order chi connectivity index (χ1) is 11.5. The minimum atomic E-state index is -0.714. The quantitative estimate of drug-likeness (QED) is 0.741. The molecular formula is C16H13FN4O3. The van der Waals surface area contributed by atoms with Crippen LogP contribution in [0.4, 0.5) is 4.39 Å². The summed E-state index contributed by atoms with van der Waals surface area (Å²) in [4.78, 5) is 40.5. The number of amides is 1. The lowest BCUT2D eigenvalue weighted by molar-refractivity contribution is -0.118. The number of benzene rings is 1. The molecule has 0 aliphatic carbocycles. The molecule has 0 unspecified atom stereocenters. The third kappa shape index (κ3) is 2.81. The highest BCUT2D eigenvalue weighted by molar-refractivity contribution is 5.78. The van der Waals surface area contributed by atoms with Crippen molar-refractivity contribution in [3.05, 3.63) is 74.8 Å². The van der Waals surface area contributed by atoms with Gasteiger partial charge in [-0.2, -0.15) is 0 Å². The molecule has 0 aliphatic rings. The van der Waals surface area contributed by atoms with Gasteiger partial charge in [0.25, 0.3) is 5.56 Å². The van der Waals surface area contributed by atoms with Crippen LogP contribution in [0, 0.1) is 5.82 Å². The van der Waals surface area contributed by atoms with E-state index in [-0.39, 0.29) is 24.1 Å². The lowest BCUT2D eigenvalue weighted by atomic mass is 10.2. The van der Waals surface area contributed by atoms with Gasteiger partial charge in [0.2, 0.25) is 5.91 Å². The third-order valence-electron chi connectivity index (χ3n) is 3.55. The van der Waals surface area contributed by atoms with Crippen LogP contribution in [0.1, 0.15) is 5.56 Å². The van der Waals surface area contributed by atoms with Crippen LogP contribution in [-0.4, -0.2) is 20.0 Å². The molecule has 0 atom stereocenters. The minimum absolute atomic E-state index is 0.0560. The normalized spacial score (nSPS) is 10.9. The Morgan fingerprint density at radius 2 is 1.83 bits per heavy atom. The van der Waals surface area contributed by atoms with E-state index >= 15 is 0 Å². The number of carbonyl (C=O) groups excluding carboxylic acids is 1. The Morgan fingerprint density at radius 3 is 2.50 bits per heavy atom. The fourth-order valence-corrected chi connectivity index (χ4v) is 2.46. The first-order valence-electron chi connectivity index (χ1n) is 7.08. The van der Waals surface area contributed by atoms with Gasteiger partial charge in [-0.3, -0.25) is 18.7 Å². The Hall–Kier alpha value is -3.29. The van der Waals surface area contributed by atoms with Crippen LogP contribution in [0.5, 0.6) is 0 Å². The number of fused-ring (bicyclic) bond motifs is 1. The van der Waals surface area contributed by atoms with Crippen molar-refractivity contribution in [2.75, 3.05) is 0 Å². The van der Waals surface area contributed by atoms with Crippen molar-refractivity contribution >= 4 is 16.9 Å². The molecule has 1 amide bonds. The smallest absolute Gasteiger partial charge is 0.332 e. The maximum Gasteiger partial charge on any atom is 0.332 e. The molecule has 3 rings (SSSR count). The molecule has 0 spiro atoms. The van der Waals surface area contributed by atoms with Crippen molar-refractivity contribution in [1.29, 1.82) is 0 Å². The van der Waals surface area contributed by atoms with Crippen molar-refractivity contribution < 1.29 is 9.18 Å². The van der Waals surface area contributed by atoms with Crippen LogP contribution < -0.4 is 17.0 Å². The van der Waals surface area contributed by atoms with Crippen LogP contribution in [0.15, 0.2) is 52.2 Å². The van der Waals surface area contributed by atoms with Gasteiger partial charge in [0.05, 0.1) is 12.1 Å². The number of carbonyl (C=O) groups is 1. The summed E-state index contributed by atoms with van der Waals surface area (Å²) in [5.41, 5.74) is 4.79. The highest BCUT2D eigenvalue weighted by Gasteiger charge is 2.15. The van der Waals surface area contributed by atoms with Gasteiger partial charge >= 0.3 is 5.69 Å². The average Bonchev–Trinajstić information content (AvgIpc) is 2.57. The SMILES string of the molecule is NC(=O)Cn1c(=O)n(Cc2ccc(F)cc2)c(=O)c2ncccc21. The van der Waals surface area contributed by atoms with Gasteiger partial charge in [-0.05, 0) is 29.8 Å². The van der Waals surface area contributed by atoms with Crippen molar-refractivity contribution in [2.45, 2.75) is 13.1 Å². The minimum Gasteiger partial charge on any atom is -0.368 e. The van der Waals surface area contributed by atoms with Crippen LogP contribution in [0.3, 0.4) is 0 Å². The molecule has 7 nitrogen and oxygen atoms in total. The van der Waals surface area contributed by atoms with Gasteiger partial charge in [0, 0.05) is 6.20 Å². The zero-order chi connectivity index (χ0) is 17.3. The van der Waals surface area contributed by atoms with E-state index in [1.54, 1.807) is 6.07 Å². The summed E-state index contributed by atoms with van der Waals surface area (Å²) < 4.78 is 15.1. The lowest BCUT2D eigenvalue weighted by Gasteiger charge is -2.12. The van der Waals surface area contributed by atoms with Crippen LogP contribution in [0.2, 0.25) is 0 Å². The van der Waals surface area contributed by atoms with Gasteiger partial charge in [-0.15, -0.1) is 0 Å². The van der Waals surface area contributed by atoms with Crippen molar-refractivity contribution in [3.8, 4) is 0 Å². The molecule has 24 heavy (non-hydrogen) atoms. The number of rotatable bonds is 4. The van der Waals surface area contributed by atoms with Crippen molar-refractivity contribution in [1.82, 2.24) is 14.1 Å². The number of hydrogen-bond acceptors (Lipinski definition) is 4. The number of aromatic nitrogens is 3. The Bertz CT molecular complexity index is 1040. The molecule has 0 bridgehead atoms. The predicted molar refractivity (Wildman–Crippen MR) is 85.0 cm³/mol. The van der Waals surface area contributed by atoms with E-state index in [2.05, 4.69) is 4.98 Å². The molecule has 2 N–H and O–H groups in total. The maximum atomic E-state index is 13.0. The molecule has 2 aromatic heterocycles. The molecule has 0 aliphatic heterocycles. The van der Waals surface area contributed by atoms with Crippen LogP contribution >= 0.6 is 0 Å². The Morgan fingerprint density at radius 1 is 1.12 bits per heavy atom. The summed E-state index contributed by atoms with van der Waals surface area (Å²) in [7, 11) is 0. The van der Waals surface area contributed by atoms with E-state index in [0.29, 0.717) is 5.56 Å². The number of primary amides is 1. The Balaban J connectivity index is 2.23. The number of halogens is 1. The molecule has 1 aromatic carbocycles. The zero-order valence-electron chi connectivity index (χ0n) is 12.5. The summed E-state index contributed by atoms with van der Waals surface area (Å²) in [6, 6.07) is 8.51. The second-order valence-electron chi connectivity index (χ2n) is 5.22. The van der Waals surface area contributed by atoms with Crippen molar-refractivity contribution in [2.24, 2.45) is 5.73 Å². The van der Waals surface area contributed by atoms with E-state index in [9.17, 15) is 18.8 Å². The fraction of sp³-hybridized carbons (Fsp3) is 0.125. The molecule has 2 heterocycles. The molecule has 8 heteroatoms. The fourth-order valence-electron chi connectivity index (χ4n) is 2.46. The summed E-state index contributed by atoms with van der Waals surface area (Å²) in [5.74, 6) is -1.13. The first-order valence-corrected chi connectivity index (χ1v) is 7.08. The third-order valence-corrected chi connectivity index (χ3v) is 3.55. The topological polar surface area (TPSA) is 100.0 Å². The molecule has 3 aromatic rings. The largest absolute Gasteiger partial charge is 0.368 e. The predicted octanol–water partition coefficient (Wildman–Crippen LogP) is 0.231. The van der Waals surface area contributed by atoms with Crippen LogP contribution in [0.25, 0.3) is 11.0 Å². The second kappa shape index (κ2) is 6.07. The van der Waals surface area contributed by atoms with Gasteiger partial charge in [0.1, 0.15) is 12.4 Å². The zero-order valence-corrected chi connectivity index (χ0v) is 12.5. The van der Waals surface area contributed by atoms with Crippen molar-refractivity contribution in [3.63, 3.8) is 0 Å². The number of hydrogen-bond donors (Lipinski definition) is 1. The van der Waals surface area contributed by atoms with E-state index in [1.165, 1.54) is 36.5 Å². The highest BCUT2D eigenvalue weighted by atomic mass is 19.1. The molecule has 122 valence electrons. The molecule has 0 radical (unpaired) electrons. The molecule has 0 saturated carbocycles. The monoisotopic (exact) mass is 328 g/mol. The van der Waals surface area contributed by atoms with Gasteiger partial charge in [0.15, 0.2) is 5.52 Å². The highest BCUT2D eigenvalue weighted by Crippen LogP contribution is 2.07. The first kappa shape index (κ1) is 15.6. The molecule has 0 fully saturated rings. The van der Waals surface area contributed by atoms with E-state index < -0.39 is 23.0 Å². The molecular weight excluding hydrogens is 315 g/mol. The number of pyridine rings is 1. The summed E-state index contributed by atoms with van der Waals surface area (Å²) in [6.07, 6.45) is 1.42. The van der Waals surface area contributed by atoms with E-state index in [0.717, 1.165) is 9.13 Å². The van der Waals surface area contributed by atoms with Crippen LogP contribution in [-0.2, 0) is 17.9 Å². The second-order valence-corrected chi connectivity index (χ2v) is 5.22. The van der Waals surface area contributed by atoms with Gasteiger partial charge < -0.3 is 5.73 Å². The summed E-state index contributed by atoms with van der Waals surface area (Å²) in [5, 5.41) is 0. The Kier molecular flexibility index (Phi) is 3.95. The Labute approximate surface area is 134 Å². The lowest BCUT2D eigenvalue weighted by Crippen LogP contribution is -2.42. The standard InChI is InChI=1S/C16H13FN4O3/c17-11-5-3-10(4-6-11)8-21-15(23)14-12(2-1-7-19-14)20(16(21)24)9-13(18)22/h1-7H,8-9H2,(H2,18,22). The summed E-state index contributed by atoms with van der Waals surface area (Å²) in [6.45, 7) is -0.437. The molecule has 0 saturated heterocycles. The average molecular weight is 328 g/mol. The van der Waals surface area contributed by atoms with E-state index in [4.69, 9.17) is 5.73 Å².